The summed E-state index contributed by atoms with van der Waals surface area (Å²) < 4.78 is 17.8. The van der Waals surface area contributed by atoms with Crippen LogP contribution in [0.4, 0.5) is 0 Å². The zero-order chi connectivity index (χ0) is 16.7. The smallest absolute Gasteiger partial charge is 0.338 e. The van der Waals surface area contributed by atoms with Crippen molar-refractivity contribution in [2.24, 2.45) is 0 Å². The summed E-state index contributed by atoms with van der Waals surface area (Å²) >= 11 is 0. The highest BCUT2D eigenvalue weighted by Crippen LogP contribution is 2.44. The summed E-state index contributed by atoms with van der Waals surface area (Å²) in [5, 5.41) is 0. The number of nitrogens with zero attached hydrogens (tertiary/aromatic N) is 1. The molecule has 3 heterocycles. The summed E-state index contributed by atoms with van der Waals surface area (Å²) in [7, 11) is 0. The molecule has 0 radical (unpaired) electrons. The monoisotopic (exact) mass is 330 g/mol. The maximum atomic E-state index is 12.0. The average Bonchev–Trinajstić information content (AvgIpc) is 3.30. The fraction of sp³-hybridized carbons (Fsp3) is 0.312. The molecule has 1 N–H and O–H groups in total. The second kappa shape index (κ2) is 5.73. The lowest BCUT2D eigenvalue weighted by Gasteiger charge is -2.18. The Bertz CT molecular complexity index is 874. The molecule has 8 nitrogen and oxygen atoms in total. The molecule has 1 aromatic carbocycles. The molecule has 0 unspecified atom stereocenters. The number of ether oxygens (including phenoxy) is 3. The molecule has 4 atom stereocenters. The number of nitrogens with one attached hydrogen (secondary N) is 1. The van der Waals surface area contributed by atoms with E-state index in [1.54, 1.807) is 24.3 Å². The molecule has 0 saturated carbocycles. The Morgan fingerprint density at radius 2 is 1.92 bits per heavy atom. The van der Waals surface area contributed by atoms with Crippen LogP contribution in [0.25, 0.3) is 0 Å². The minimum absolute atomic E-state index is 0.0312. The topological polar surface area (TPSA) is 103 Å². The van der Waals surface area contributed by atoms with Crippen molar-refractivity contribution in [2.45, 2.75) is 24.5 Å². The third kappa shape index (κ3) is 2.66. The van der Waals surface area contributed by atoms with Gasteiger partial charge in [-0.25, -0.2) is 9.59 Å². The van der Waals surface area contributed by atoms with Gasteiger partial charge in [0.25, 0.3) is 5.56 Å². The first-order valence-corrected chi connectivity index (χ1v) is 7.48. The summed E-state index contributed by atoms with van der Waals surface area (Å²) in [6.45, 7) is 0.0312. The van der Waals surface area contributed by atoms with Crippen molar-refractivity contribution in [1.29, 1.82) is 0 Å². The Morgan fingerprint density at radius 3 is 2.67 bits per heavy atom. The van der Waals surface area contributed by atoms with E-state index in [2.05, 4.69) is 4.98 Å². The van der Waals surface area contributed by atoms with E-state index in [0.717, 1.165) is 0 Å². The fourth-order valence-corrected chi connectivity index (χ4v) is 2.80. The van der Waals surface area contributed by atoms with E-state index < -0.39 is 29.6 Å². The lowest BCUT2D eigenvalue weighted by Crippen LogP contribution is -2.34. The number of benzene rings is 1. The van der Waals surface area contributed by atoms with Crippen molar-refractivity contribution in [3.63, 3.8) is 0 Å². The van der Waals surface area contributed by atoms with Crippen LogP contribution in [0, 0.1) is 0 Å². The van der Waals surface area contributed by atoms with Crippen LogP contribution < -0.4 is 11.2 Å². The number of hydrogen-bond acceptors (Lipinski definition) is 6. The normalized spacial score (nSPS) is 27.5. The molecule has 0 amide bonds. The number of fused-ring (bicyclic) bond motifs is 1. The minimum atomic E-state index is -0.639. The van der Waals surface area contributed by atoms with Gasteiger partial charge in [0, 0.05) is 12.3 Å². The summed E-state index contributed by atoms with van der Waals surface area (Å²) in [4.78, 5) is 37.1. The first-order valence-electron chi connectivity index (χ1n) is 7.48. The molecular weight excluding hydrogens is 316 g/mol. The largest absolute Gasteiger partial charge is 0.459 e. The standard InChI is InChI=1S/C16H14N2O6/c19-11-6-7-18(16(21)17-11)14-13-12(24-13)10(23-14)8-22-15(20)9-4-2-1-3-5-9/h1-7,10,12-14H,8H2,(H,17,19,21)/t10-,12-,13+,14+/m0/s1. The van der Waals surface area contributed by atoms with Crippen LogP contribution in [0.5, 0.6) is 0 Å². The number of carbonyl (C=O) groups excluding carboxylic acids is 1. The molecule has 0 bridgehead atoms. The van der Waals surface area contributed by atoms with Crippen molar-refractivity contribution >= 4 is 5.97 Å². The molecule has 4 rings (SSSR count). The molecule has 2 fully saturated rings. The maximum absolute atomic E-state index is 12.0. The van der Waals surface area contributed by atoms with Crippen LogP contribution in [0.1, 0.15) is 16.6 Å². The summed E-state index contributed by atoms with van der Waals surface area (Å²) in [6, 6.07) is 9.88. The molecule has 1 aromatic heterocycles. The van der Waals surface area contributed by atoms with Gasteiger partial charge >= 0.3 is 11.7 Å². The van der Waals surface area contributed by atoms with Gasteiger partial charge in [0.2, 0.25) is 0 Å². The van der Waals surface area contributed by atoms with E-state index in [4.69, 9.17) is 14.2 Å². The van der Waals surface area contributed by atoms with Crippen molar-refractivity contribution in [3.05, 3.63) is 69.0 Å². The minimum Gasteiger partial charge on any atom is -0.459 e. The van der Waals surface area contributed by atoms with Gasteiger partial charge in [-0.3, -0.25) is 14.3 Å². The third-order valence-corrected chi connectivity index (χ3v) is 4.04. The van der Waals surface area contributed by atoms with E-state index in [-0.39, 0.29) is 18.8 Å². The highest BCUT2D eigenvalue weighted by Gasteiger charge is 2.59. The molecule has 2 aliphatic heterocycles. The molecule has 2 saturated heterocycles. The first-order chi connectivity index (χ1) is 11.6. The number of epoxide rings is 1. The highest BCUT2D eigenvalue weighted by molar-refractivity contribution is 5.89. The summed E-state index contributed by atoms with van der Waals surface area (Å²) in [6.07, 6.45) is -0.235. The van der Waals surface area contributed by atoms with Crippen molar-refractivity contribution in [3.8, 4) is 0 Å². The lowest BCUT2D eigenvalue weighted by atomic mass is 10.2. The van der Waals surface area contributed by atoms with Crippen LogP contribution in [0.15, 0.2) is 52.2 Å². The highest BCUT2D eigenvalue weighted by atomic mass is 16.7. The van der Waals surface area contributed by atoms with Crippen molar-refractivity contribution < 1.29 is 19.0 Å². The van der Waals surface area contributed by atoms with Crippen molar-refractivity contribution in [1.82, 2.24) is 9.55 Å². The maximum Gasteiger partial charge on any atom is 0.338 e. The van der Waals surface area contributed by atoms with E-state index in [0.29, 0.717) is 5.56 Å². The molecule has 2 aromatic rings. The molecule has 0 aliphatic carbocycles. The van der Waals surface area contributed by atoms with Gasteiger partial charge in [-0.2, -0.15) is 0 Å². The van der Waals surface area contributed by atoms with Gasteiger partial charge in [0.15, 0.2) is 6.23 Å². The summed E-state index contributed by atoms with van der Waals surface area (Å²) in [5.74, 6) is -0.443. The number of hydrogen-bond donors (Lipinski definition) is 1. The molecule has 8 heteroatoms. The second-order valence-electron chi connectivity index (χ2n) is 5.61. The Morgan fingerprint density at radius 1 is 1.12 bits per heavy atom. The Hall–Kier alpha value is -2.71. The number of aromatic nitrogens is 2. The van der Waals surface area contributed by atoms with Crippen LogP contribution >= 0.6 is 0 Å². The van der Waals surface area contributed by atoms with Crippen molar-refractivity contribution in [2.75, 3.05) is 6.61 Å². The van der Waals surface area contributed by atoms with E-state index in [9.17, 15) is 14.4 Å². The lowest BCUT2D eigenvalue weighted by molar-refractivity contribution is -0.0887. The zero-order valence-electron chi connectivity index (χ0n) is 12.5. The van der Waals surface area contributed by atoms with Gasteiger partial charge in [-0.05, 0) is 12.1 Å². The Balaban J connectivity index is 1.42. The average molecular weight is 330 g/mol. The van der Waals surface area contributed by atoms with Crippen LogP contribution in [-0.4, -0.2) is 40.4 Å². The second-order valence-corrected chi connectivity index (χ2v) is 5.61. The van der Waals surface area contributed by atoms with Crippen LogP contribution in [0.2, 0.25) is 0 Å². The molecule has 2 aliphatic rings. The number of carbonyl (C=O) groups is 1. The van der Waals surface area contributed by atoms with Gasteiger partial charge in [0.1, 0.15) is 24.9 Å². The predicted molar refractivity (Wildman–Crippen MR) is 80.6 cm³/mol. The SMILES string of the molecule is O=C(OC[C@@H]1O[C@@H](n2ccc(=O)[nH]c2=O)[C@@H]2O[C@H]21)c1ccccc1. The third-order valence-electron chi connectivity index (χ3n) is 4.04. The number of esters is 1. The number of rotatable bonds is 4. The molecule has 124 valence electrons. The fourth-order valence-electron chi connectivity index (χ4n) is 2.80. The Kier molecular flexibility index (Phi) is 3.55. The molecule has 24 heavy (non-hydrogen) atoms. The molecule has 0 spiro atoms. The van der Waals surface area contributed by atoms with Gasteiger partial charge < -0.3 is 14.2 Å². The number of aromatic amines is 1. The van der Waals surface area contributed by atoms with E-state index >= 15 is 0 Å². The van der Waals surface area contributed by atoms with E-state index in [1.807, 2.05) is 6.07 Å². The van der Waals surface area contributed by atoms with Crippen LogP contribution in [0.3, 0.4) is 0 Å². The predicted octanol–water partition coefficient (Wildman–Crippen LogP) is 0.0584. The number of H-pyrrole nitrogens is 1. The summed E-state index contributed by atoms with van der Waals surface area (Å²) in [5.41, 5.74) is -0.586. The first kappa shape index (κ1) is 14.9. The zero-order valence-corrected chi connectivity index (χ0v) is 12.5. The van der Waals surface area contributed by atoms with Gasteiger partial charge in [0.05, 0.1) is 5.56 Å². The molecular formula is C16H14N2O6. The Labute approximate surface area is 135 Å². The van der Waals surface area contributed by atoms with Crippen LogP contribution in [-0.2, 0) is 14.2 Å². The quantitative estimate of drug-likeness (QED) is 0.628. The van der Waals surface area contributed by atoms with Gasteiger partial charge in [-0.1, -0.05) is 18.2 Å². The van der Waals surface area contributed by atoms with Gasteiger partial charge in [-0.15, -0.1) is 0 Å². The van der Waals surface area contributed by atoms with E-state index in [1.165, 1.54) is 16.8 Å².